The molecule has 1 rings (SSSR count). The van der Waals surface area contributed by atoms with Gasteiger partial charge >= 0.3 is 5.97 Å². The predicted molar refractivity (Wildman–Crippen MR) is 49.5 cm³/mol. The normalized spacial score (nSPS) is 10.0. The van der Waals surface area contributed by atoms with E-state index < -0.39 is 17.6 Å². The number of hydrogen-bond acceptors (Lipinski definition) is 3. The third-order valence-corrected chi connectivity index (χ3v) is 2.42. The highest BCUT2D eigenvalue weighted by atomic mass is 32.2. The minimum absolute atomic E-state index is 0.0994. The molecule has 2 nitrogen and oxygen atoms in total. The molecular weight excluding hydrogens is 210 g/mol. The van der Waals surface area contributed by atoms with Gasteiger partial charge in [0.25, 0.3) is 0 Å². The first-order valence-electron chi connectivity index (χ1n) is 3.71. The maximum atomic E-state index is 13.1. The van der Waals surface area contributed by atoms with E-state index in [1.807, 2.05) is 0 Å². The summed E-state index contributed by atoms with van der Waals surface area (Å²) in [4.78, 5) is 10.9. The van der Waals surface area contributed by atoms with E-state index in [-0.39, 0.29) is 10.5 Å². The summed E-state index contributed by atoms with van der Waals surface area (Å²) in [6.45, 7) is 0. The van der Waals surface area contributed by atoms with E-state index in [0.29, 0.717) is 0 Å². The van der Waals surface area contributed by atoms with Gasteiger partial charge < -0.3 is 4.74 Å². The second kappa shape index (κ2) is 4.41. The standard InChI is InChI=1S/C9H8F2O2S/c1-13-9(12)5-3-6(10)8(14-2)7(11)4-5/h3-4H,1-2H3. The average Bonchev–Trinajstić information content (AvgIpc) is 2.16. The minimum Gasteiger partial charge on any atom is -0.465 e. The Hall–Kier alpha value is -1.10. The molecule has 0 aliphatic rings. The van der Waals surface area contributed by atoms with Crippen LogP contribution in [0.4, 0.5) is 8.78 Å². The minimum atomic E-state index is -0.754. The Morgan fingerprint density at radius 1 is 1.36 bits per heavy atom. The lowest BCUT2D eigenvalue weighted by Crippen LogP contribution is -2.03. The fourth-order valence-corrected chi connectivity index (χ4v) is 1.50. The van der Waals surface area contributed by atoms with Crippen LogP contribution in [0.2, 0.25) is 0 Å². The van der Waals surface area contributed by atoms with Crippen molar-refractivity contribution in [3.8, 4) is 0 Å². The van der Waals surface area contributed by atoms with E-state index in [9.17, 15) is 13.6 Å². The fourth-order valence-electron chi connectivity index (χ4n) is 0.991. The Kier molecular flexibility index (Phi) is 3.46. The first-order valence-corrected chi connectivity index (χ1v) is 4.94. The van der Waals surface area contributed by atoms with Gasteiger partial charge in [0.1, 0.15) is 11.6 Å². The average molecular weight is 218 g/mol. The van der Waals surface area contributed by atoms with Crippen LogP contribution < -0.4 is 0 Å². The number of rotatable bonds is 2. The first-order chi connectivity index (χ1) is 6.60. The highest BCUT2D eigenvalue weighted by Crippen LogP contribution is 2.24. The van der Waals surface area contributed by atoms with Crippen LogP contribution >= 0.6 is 11.8 Å². The molecule has 0 unspecified atom stereocenters. The molecule has 76 valence electrons. The second-order valence-corrected chi connectivity index (χ2v) is 3.28. The van der Waals surface area contributed by atoms with Crippen molar-refractivity contribution in [3.63, 3.8) is 0 Å². The van der Waals surface area contributed by atoms with Gasteiger partial charge in [-0.25, -0.2) is 13.6 Å². The highest BCUT2D eigenvalue weighted by Gasteiger charge is 2.14. The zero-order valence-corrected chi connectivity index (χ0v) is 8.45. The Morgan fingerprint density at radius 2 is 1.86 bits per heavy atom. The molecule has 0 aliphatic heterocycles. The monoisotopic (exact) mass is 218 g/mol. The lowest BCUT2D eigenvalue weighted by Gasteiger charge is -2.04. The lowest BCUT2D eigenvalue weighted by molar-refractivity contribution is 0.0599. The Morgan fingerprint density at radius 3 is 2.21 bits per heavy atom. The van der Waals surface area contributed by atoms with Gasteiger partial charge in [-0.3, -0.25) is 0 Å². The molecule has 0 saturated heterocycles. The van der Waals surface area contributed by atoms with Gasteiger partial charge in [-0.05, 0) is 18.4 Å². The molecule has 0 aliphatic carbocycles. The van der Waals surface area contributed by atoms with Crippen LogP contribution in [0.15, 0.2) is 17.0 Å². The van der Waals surface area contributed by atoms with Crippen molar-refractivity contribution in [2.45, 2.75) is 4.90 Å². The Bertz CT molecular complexity index is 343. The van der Waals surface area contributed by atoms with Crippen molar-refractivity contribution >= 4 is 17.7 Å². The van der Waals surface area contributed by atoms with Crippen molar-refractivity contribution < 1.29 is 18.3 Å². The van der Waals surface area contributed by atoms with Crippen LogP contribution in [0.3, 0.4) is 0 Å². The fraction of sp³-hybridized carbons (Fsp3) is 0.222. The number of carbonyl (C=O) groups excluding carboxylic acids is 1. The molecule has 1 aromatic rings. The zero-order chi connectivity index (χ0) is 10.7. The molecule has 0 amide bonds. The molecule has 0 saturated carbocycles. The Labute approximate surface area is 84.3 Å². The number of methoxy groups -OCH3 is 1. The van der Waals surface area contributed by atoms with Gasteiger partial charge in [-0.1, -0.05) is 0 Å². The number of thioether (sulfide) groups is 1. The molecule has 0 radical (unpaired) electrons. The van der Waals surface area contributed by atoms with Gasteiger partial charge in [0.05, 0.1) is 17.6 Å². The number of halogens is 2. The van der Waals surface area contributed by atoms with E-state index >= 15 is 0 Å². The van der Waals surface area contributed by atoms with E-state index in [0.717, 1.165) is 31.0 Å². The number of benzene rings is 1. The van der Waals surface area contributed by atoms with Crippen LogP contribution in [-0.2, 0) is 4.74 Å². The smallest absolute Gasteiger partial charge is 0.338 e. The van der Waals surface area contributed by atoms with Gasteiger partial charge in [0.2, 0.25) is 0 Å². The highest BCUT2D eigenvalue weighted by molar-refractivity contribution is 7.98. The number of ether oxygens (including phenoxy) is 1. The molecule has 0 atom stereocenters. The topological polar surface area (TPSA) is 26.3 Å². The summed E-state index contributed by atoms with van der Waals surface area (Å²) in [6, 6.07) is 1.92. The summed E-state index contributed by atoms with van der Waals surface area (Å²) in [5.41, 5.74) is -0.125. The van der Waals surface area contributed by atoms with Gasteiger partial charge in [-0.15, -0.1) is 11.8 Å². The molecule has 14 heavy (non-hydrogen) atoms. The molecule has 0 spiro atoms. The second-order valence-electron chi connectivity index (χ2n) is 2.46. The van der Waals surface area contributed by atoms with Crippen LogP contribution in [-0.4, -0.2) is 19.3 Å². The largest absolute Gasteiger partial charge is 0.465 e. The van der Waals surface area contributed by atoms with Crippen molar-refractivity contribution in [1.29, 1.82) is 0 Å². The molecule has 5 heteroatoms. The number of hydrogen-bond donors (Lipinski definition) is 0. The summed E-state index contributed by atoms with van der Waals surface area (Å²) in [5, 5.41) is 0. The summed E-state index contributed by atoms with van der Waals surface area (Å²) in [6.07, 6.45) is 1.55. The number of carbonyl (C=O) groups is 1. The SMILES string of the molecule is COC(=O)c1cc(F)c(SC)c(F)c1. The quantitative estimate of drug-likeness (QED) is 0.563. The van der Waals surface area contributed by atoms with E-state index in [1.165, 1.54) is 0 Å². The lowest BCUT2D eigenvalue weighted by atomic mass is 10.2. The molecule has 0 N–H and O–H groups in total. The van der Waals surface area contributed by atoms with Crippen LogP contribution in [0.5, 0.6) is 0 Å². The van der Waals surface area contributed by atoms with Gasteiger partial charge in [0, 0.05) is 0 Å². The van der Waals surface area contributed by atoms with Crippen LogP contribution in [0, 0.1) is 11.6 Å². The van der Waals surface area contributed by atoms with E-state index in [1.54, 1.807) is 6.26 Å². The third kappa shape index (κ3) is 2.04. The van der Waals surface area contributed by atoms with Crippen molar-refractivity contribution in [1.82, 2.24) is 0 Å². The molecule has 0 heterocycles. The molecule has 0 bridgehead atoms. The zero-order valence-electron chi connectivity index (χ0n) is 7.64. The Balaban J connectivity index is 3.20. The molecule has 0 fully saturated rings. The van der Waals surface area contributed by atoms with Gasteiger partial charge in [0.15, 0.2) is 0 Å². The summed E-state index contributed by atoms with van der Waals surface area (Å²) < 4.78 is 30.6. The predicted octanol–water partition coefficient (Wildman–Crippen LogP) is 2.47. The van der Waals surface area contributed by atoms with Crippen molar-refractivity contribution in [2.24, 2.45) is 0 Å². The van der Waals surface area contributed by atoms with E-state index in [4.69, 9.17) is 0 Å². The van der Waals surface area contributed by atoms with Gasteiger partial charge in [-0.2, -0.15) is 0 Å². The molecule has 1 aromatic carbocycles. The maximum absolute atomic E-state index is 13.1. The summed E-state index contributed by atoms with van der Waals surface area (Å²) in [7, 11) is 1.15. The van der Waals surface area contributed by atoms with Crippen LogP contribution in [0.1, 0.15) is 10.4 Å². The van der Waals surface area contributed by atoms with Crippen molar-refractivity contribution in [2.75, 3.05) is 13.4 Å². The molecule has 0 aromatic heterocycles. The third-order valence-electron chi connectivity index (χ3n) is 1.62. The molecular formula is C9H8F2O2S. The summed E-state index contributed by atoms with van der Waals surface area (Å²) in [5.74, 6) is -2.26. The van der Waals surface area contributed by atoms with Crippen LogP contribution in [0.25, 0.3) is 0 Å². The number of esters is 1. The summed E-state index contributed by atoms with van der Waals surface area (Å²) >= 11 is 0.948. The first kappa shape index (κ1) is 11.0. The van der Waals surface area contributed by atoms with Crippen molar-refractivity contribution in [3.05, 3.63) is 29.3 Å². The van der Waals surface area contributed by atoms with E-state index in [2.05, 4.69) is 4.74 Å². The maximum Gasteiger partial charge on any atom is 0.338 e.